The molecule has 0 spiro atoms. The topological polar surface area (TPSA) is 71.8 Å². The molecule has 1 aliphatic carbocycles. The normalized spacial score (nSPS) is 21.7. The van der Waals surface area contributed by atoms with E-state index in [0.717, 1.165) is 25.1 Å². The van der Waals surface area contributed by atoms with E-state index in [9.17, 15) is 4.79 Å². The van der Waals surface area contributed by atoms with Gasteiger partial charge in [-0.1, -0.05) is 0 Å². The summed E-state index contributed by atoms with van der Waals surface area (Å²) in [5.41, 5.74) is 0.674. The van der Waals surface area contributed by atoms with Crippen LogP contribution in [0.2, 0.25) is 0 Å². The maximum Gasteiger partial charge on any atom is 0.249 e. The van der Waals surface area contributed by atoms with Crippen LogP contribution in [-0.2, 0) is 4.79 Å². The minimum Gasteiger partial charge on any atom is -0.492 e. The number of amides is 1. The maximum absolute atomic E-state index is 11.8. The number of pyridine rings is 1. The van der Waals surface area contributed by atoms with Crippen LogP contribution in [0.15, 0.2) is 18.3 Å². The Morgan fingerprint density at radius 1 is 1.43 bits per heavy atom. The molecule has 1 unspecified atom stereocenters. The highest BCUT2D eigenvalue weighted by molar-refractivity contribution is 5.92. The number of nitrogens with zero attached hydrogens (tertiary/aromatic N) is 4. The van der Waals surface area contributed by atoms with E-state index in [-0.39, 0.29) is 11.8 Å². The Morgan fingerprint density at radius 3 is 3.04 bits per heavy atom. The number of ether oxygens (including phenoxy) is 1. The molecule has 2 fully saturated rings. The summed E-state index contributed by atoms with van der Waals surface area (Å²) in [6.07, 6.45) is 6.15. The van der Waals surface area contributed by atoms with Crippen molar-refractivity contribution in [1.29, 1.82) is 0 Å². The van der Waals surface area contributed by atoms with Crippen LogP contribution in [0, 0.1) is 5.92 Å². The van der Waals surface area contributed by atoms with Crippen LogP contribution in [0.5, 0.6) is 5.75 Å². The zero-order chi connectivity index (χ0) is 15.8. The molecule has 2 aromatic heterocycles. The number of carbonyl (C=O) groups excluding carboxylic acids is 1. The number of aromatic nitrogens is 3. The molecule has 4 rings (SSSR count). The predicted octanol–water partition coefficient (Wildman–Crippen LogP) is 1.55. The lowest BCUT2D eigenvalue weighted by Gasteiger charge is -2.19. The van der Waals surface area contributed by atoms with Crippen LogP contribution in [0.4, 0.5) is 5.95 Å². The van der Waals surface area contributed by atoms with Gasteiger partial charge in [-0.3, -0.25) is 10.1 Å². The summed E-state index contributed by atoms with van der Waals surface area (Å²) < 4.78 is 7.55. The van der Waals surface area contributed by atoms with Crippen molar-refractivity contribution in [3.63, 3.8) is 0 Å². The molecule has 0 aromatic carbocycles. The lowest BCUT2D eigenvalue weighted by atomic mass is 10.2. The molecule has 1 saturated heterocycles. The van der Waals surface area contributed by atoms with Crippen molar-refractivity contribution in [1.82, 2.24) is 19.5 Å². The molecule has 3 heterocycles. The molecule has 23 heavy (non-hydrogen) atoms. The Bertz CT molecular complexity index is 724. The number of likely N-dealkylation sites (tertiary alicyclic amines) is 1. The summed E-state index contributed by atoms with van der Waals surface area (Å²) in [4.78, 5) is 18.5. The van der Waals surface area contributed by atoms with Gasteiger partial charge in [0.15, 0.2) is 5.65 Å². The van der Waals surface area contributed by atoms with Crippen molar-refractivity contribution < 1.29 is 9.53 Å². The zero-order valence-corrected chi connectivity index (χ0v) is 13.2. The van der Waals surface area contributed by atoms with Crippen LogP contribution in [0.25, 0.3) is 5.65 Å². The number of hydrogen-bond acceptors (Lipinski definition) is 5. The van der Waals surface area contributed by atoms with E-state index in [1.807, 2.05) is 18.3 Å². The van der Waals surface area contributed by atoms with Crippen LogP contribution in [-0.4, -0.2) is 51.6 Å². The molecule has 0 bridgehead atoms. The highest BCUT2D eigenvalue weighted by atomic mass is 16.5. The number of anilines is 1. The summed E-state index contributed by atoms with van der Waals surface area (Å²) in [6.45, 7) is 1.83. The molecular weight excluding hydrogens is 294 g/mol. The highest BCUT2D eigenvalue weighted by Crippen LogP contribution is 2.29. The van der Waals surface area contributed by atoms with E-state index in [4.69, 9.17) is 4.74 Å². The van der Waals surface area contributed by atoms with Gasteiger partial charge in [0.2, 0.25) is 11.9 Å². The average molecular weight is 315 g/mol. The van der Waals surface area contributed by atoms with Crippen molar-refractivity contribution in [2.45, 2.75) is 31.7 Å². The van der Waals surface area contributed by atoms with Crippen LogP contribution < -0.4 is 10.1 Å². The molecule has 1 atom stereocenters. The second kappa shape index (κ2) is 5.81. The van der Waals surface area contributed by atoms with Crippen LogP contribution in [0.3, 0.4) is 0 Å². The molecule has 1 saturated carbocycles. The van der Waals surface area contributed by atoms with Gasteiger partial charge in [0, 0.05) is 24.2 Å². The fraction of sp³-hybridized carbons (Fsp3) is 0.562. The smallest absolute Gasteiger partial charge is 0.249 e. The molecule has 2 aliphatic rings. The van der Waals surface area contributed by atoms with Gasteiger partial charge in [-0.25, -0.2) is 4.52 Å². The van der Waals surface area contributed by atoms with Crippen molar-refractivity contribution in [3.8, 4) is 5.75 Å². The van der Waals surface area contributed by atoms with E-state index in [0.29, 0.717) is 24.2 Å². The molecule has 1 aliphatic heterocycles. The molecular formula is C16H21N5O2. The van der Waals surface area contributed by atoms with Gasteiger partial charge < -0.3 is 9.64 Å². The average Bonchev–Trinajstić information content (AvgIpc) is 3.20. The van der Waals surface area contributed by atoms with Gasteiger partial charge in [0.25, 0.3) is 0 Å². The number of rotatable bonds is 5. The van der Waals surface area contributed by atoms with Gasteiger partial charge in [-0.05, 0) is 45.3 Å². The Labute approximate surface area is 134 Å². The Kier molecular flexibility index (Phi) is 3.65. The second-order valence-electron chi connectivity index (χ2n) is 6.45. The Hall–Kier alpha value is -2.15. The van der Waals surface area contributed by atoms with Crippen molar-refractivity contribution in [2.75, 3.05) is 25.5 Å². The van der Waals surface area contributed by atoms with E-state index in [1.165, 1.54) is 12.8 Å². The first-order chi connectivity index (χ1) is 11.2. The van der Waals surface area contributed by atoms with E-state index in [1.54, 1.807) is 4.52 Å². The molecule has 0 radical (unpaired) electrons. The third kappa shape index (κ3) is 3.14. The van der Waals surface area contributed by atoms with Crippen LogP contribution in [0.1, 0.15) is 25.7 Å². The van der Waals surface area contributed by atoms with E-state index < -0.39 is 0 Å². The fourth-order valence-electron chi connectivity index (χ4n) is 2.95. The van der Waals surface area contributed by atoms with Crippen molar-refractivity contribution in [2.24, 2.45) is 5.92 Å². The number of hydrogen-bond donors (Lipinski definition) is 1. The van der Waals surface area contributed by atoms with E-state index >= 15 is 0 Å². The van der Waals surface area contributed by atoms with E-state index in [2.05, 4.69) is 27.3 Å². The predicted molar refractivity (Wildman–Crippen MR) is 85.5 cm³/mol. The zero-order valence-electron chi connectivity index (χ0n) is 13.2. The number of carbonyl (C=O) groups is 1. The standard InChI is InChI=1S/C16H21N5O2/c1-20-7-2-3-12(20)10-23-13-6-8-21-14(9-13)17-16(19-21)18-15(22)11-4-5-11/h6,8-9,11-12H,2-5,7,10H2,1H3,(H,18,19,22). The van der Waals surface area contributed by atoms with Gasteiger partial charge in [0.1, 0.15) is 12.4 Å². The highest BCUT2D eigenvalue weighted by Gasteiger charge is 2.30. The number of fused-ring (bicyclic) bond motifs is 1. The van der Waals surface area contributed by atoms with Crippen molar-refractivity contribution in [3.05, 3.63) is 18.3 Å². The quantitative estimate of drug-likeness (QED) is 0.906. The number of nitrogens with one attached hydrogen (secondary N) is 1. The van der Waals surface area contributed by atoms with Crippen molar-refractivity contribution >= 4 is 17.5 Å². The Morgan fingerprint density at radius 2 is 2.30 bits per heavy atom. The van der Waals surface area contributed by atoms with Gasteiger partial charge in [-0.2, -0.15) is 4.98 Å². The van der Waals surface area contributed by atoms with Gasteiger partial charge in [-0.15, -0.1) is 5.10 Å². The summed E-state index contributed by atoms with van der Waals surface area (Å²) in [6, 6.07) is 4.22. The van der Waals surface area contributed by atoms with Gasteiger partial charge >= 0.3 is 0 Å². The first-order valence-corrected chi connectivity index (χ1v) is 8.19. The summed E-state index contributed by atoms with van der Waals surface area (Å²) in [5.74, 6) is 1.30. The molecule has 122 valence electrons. The first kappa shape index (κ1) is 14.4. The first-order valence-electron chi connectivity index (χ1n) is 8.19. The molecule has 7 heteroatoms. The Balaban J connectivity index is 1.43. The molecule has 7 nitrogen and oxygen atoms in total. The molecule has 1 amide bonds. The van der Waals surface area contributed by atoms with Crippen LogP contribution >= 0.6 is 0 Å². The lowest BCUT2D eigenvalue weighted by molar-refractivity contribution is -0.117. The minimum absolute atomic E-state index is 0.0154. The monoisotopic (exact) mass is 315 g/mol. The second-order valence-corrected chi connectivity index (χ2v) is 6.45. The SMILES string of the molecule is CN1CCCC1COc1ccn2nc(NC(=O)C3CC3)nc2c1. The lowest BCUT2D eigenvalue weighted by Crippen LogP contribution is -2.30. The maximum atomic E-state index is 11.8. The van der Waals surface area contributed by atoms with Gasteiger partial charge in [0.05, 0.1) is 0 Å². The minimum atomic E-state index is 0.0154. The number of likely N-dealkylation sites (N-methyl/N-ethyl adjacent to an activating group) is 1. The molecule has 1 N–H and O–H groups in total. The third-order valence-corrected chi connectivity index (χ3v) is 4.61. The summed E-state index contributed by atoms with van der Waals surface area (Å²) in [5, 5.41) is 7.03. The largest absolute Gasteiger partial charge is 0.492 e. The summed E-state index contributed by atoms with van der Waals surface area (Å²) >= 11 is 0. The third-order valence-electron chi connectivity index (χ3n) is 4.61. The fourth-order valence-corrected chi connectivity index (χ4v) is 2.95. The molecule has 2 aromatic rings. The summed E-state index contributed by atoms with van der Waals surface area (Å²) in [7, 11) is 2.14.